The predicted molar refractivity (Wildman–Crippen MR) is 107 cm³/mol. The van der Waals surface area contributed by atoms with E-state index >= 15 is 0 Å². The second kappa shape index (κ2) is 8.64. The standard InChI is InChI=1S/C18H22FN5O2S2/c19-13-4-1-2-5-14(13)20-17-21-24(18(27)28-17)12-22-7-9-23(10-8-22)16(25)15-6-3-11-26-15/h1-2,4-5,15H,3,6-12H2,(H,20,21)/p+1/t15-/m1/s1. The first kappa shape index (κ1) is 19.4. The van der Waals surface area contributed by atoms with Crippen LogP contribution in [0.15, 0.2) is 24.3 Å². The maximum atomic E-state index is 13.8. The van der Waals surface area contributed by atoms with Crippen LogP contribution in [0.25, 0.3) is 0 Å². The summed E-state index contributed by atoms with van der Waals surface area (Å²) < 4.78 is 21.7. The van der Waals surface area contributed by atoms with E-state index in [0.717, 1.165) is 25.9 Å². The lowest BCUT2D eigenvalue weighted by atomic mass is 10.2. The molecule has 2 aliphatic rings. The molecule has 2 fully saturated rings. The number of rotatable bonds is 5. The van der Waals surface area contributed by atoms with Crippen LogP contribution in [0.1, 0.15) is 12.8 Å². The van der Waals surface area contributed by atoms with Crippen LogP contribution in [0.2, 0.25) is 0 Å². The van der Waals surface area contributed by atoms with Crippen molar-refractivity contribution in [3.8, 4) is 0 Å². The summed E-state index contributed by atoms with van der Waals surface area (Å²) in [4.78, 5) is 15.7. The van der Waals surface area contributed by atoms with E-state index in [9.17, 15) is 9.18 Å². The maximum Gasteiger partial charge on any atom is 0.252 e. The molecule has 7 nitrogen and oxygen atoms in total. The van der Waals surface area contributed by atoms with Gasteiger partial charge in [-0.25, -0.2) is 4.39 Å². The van der Waals surface area contributed by atoms with Gasteiger partial charge in [-0.05, 0) is 37.2 Å². The molecule has 0 unspecified atom stereocenters. The molecule has 1 amide bonds. The molecular formula is C18H23FN5O2S2+. The van der Waals surface area contributed by atoms with Gasteiger partial charge >= 0.3 is 0 Å². The normalized spacial score (nSPS) is 20.5. The first-order valence-electron chi connectivity index (χ1n) is 9.43. The van der Waals surface area contributed by atoms with Crippen molar-refractivity contribution in [2.75, 3.05) is 38.1 Å². The Balaban J connectivity index is 1.33. The van der Waals surface area contributed by atoms with Gasteiger partial charge in [0, 0.05) is 6.61 Å². The molecule has 2 saturated heterocycles. The van der Waals surface area contributed by atoms with E-state index in [-0.39, 0.29) is 17.8 Å². The Morgan fingerprint density at radius 2 is 2.18 bits per heavy atom. The zero-order valence-electron chi connectivity index (χ0n) is 15.4. The Hall–Kier alpha value is -1.88. The summed E-state index contributed by atoms with van der Waals surface area (Å²) in [5.41, 5.74) is 0.381. The minimum atomic E-state index is -0.326. The van der Waals surface area contributed by atoms with Gasteiger partial charge < -0.3 is 19.9 Å². The number of benzene rings is 1. The van der Waals surface area contributed by atoms with E-state index < -0.39 is 0 Å². The van der Waals surface area contributed by atoms with Crippen LogP contribution in [0, 0.1) is 9.77 Å². The van der Waals surface area contributed by atoms with Crippen LogP contribution in [0.5, 0.6) is 0 Å². The van der Waals surface area contributed by atoms with Crippen molar-refractivity contribution < 1.29 is 18.8 Å². The smallest absolute Gasteiger partial charge is 0.252 e. The largest absolute Gasteiger partial charge is 0.368 e. The van der Waals surface area contributed by atoms with E-state index in [4.69, 9.17) is 17.0 Å². The number of carbonyl (C=O) groups is 1. The molecule has 0 spiro atoms. The number of piperazine rings is 1. The van der Waals surface area contributed by atoms with Gasteiger partial charge in [0.15, 0.2) is 10.6 Å². The van der Waals surface area contributed by atoms with Crippen LogP contribution >= 0.6 is 23.6 Å². The quantitative estimate of drug-likeness (QED) is 0.711. The Labute approximate surface area is 171 Å². The second-order valence-electron chi connectivity index (χ2n) is 7.01. The molecule has 0 saturated carbocycles. The highest BCUT2D eigenvalue weighted by Gasteiger charge is 2.31. The molecular weight excluding hydrogens is 401 g/mol. The van der Waals surface area contributed by atoms with Gasteiger partial charge in [-0.2, -0.15) is 4.68 Å². The molecule has 1 atom stereocenters. The lowest BCUT2D eigenvalue weighted by molar-refractivity contribution is -0.927. The summed E-state index contributed by atoms with van der Waals surface area (Å²) in [6, 6.07) is 6.48. The molecule has 2 N–H and O–H groups in total. The summed E-state index contributed by atoms with van der Waals surface area (Å²) in [7, 11) is 0. The molecule has 0 aliphatic carbocycles. The highest BCUT2D eigenvalue weighted by Crippen LogP contribution is 2.22. The van der Waals surface area contributed by atoms with Gasteiger partial charge in [-0.15, -0.1) is 5.10 Å². The summed E-state index contributed by atoms with van der Waals surface area (Å²) >= 11 is 6.74. The van der Waals surface area contributed by atoms with Crippen molar-refractivity contribution in [1.29, 1.82) is 0 Å². The monoisotopic (exact) mass is 424 g/mol. The fourth-order valence-corrected chi connectivity index (χ4v) is 4.54. The third-order valence-corrected chi connectivity index (χ3v) is 6.31. The number of nitrogens with one attached hydrogen (secondary N) is 2. The number of hydrogen-bond donors (Lipinski definition) is 2. The van der Waals surface area contributed by atoms with Crippen LogP contribution in [0.3, 0.4) is 0 Å². The number of carbonyl (C=O) groups excluding carboxylic acids is 1. The van der Waals surface area contributed by atoms with E-state index in [1.54, 1.807) is 22.9 Å². The average molecular weight is 425 g/mol. The second-order valence-corrected chi connectivity index (χ2v) is 8.64. The third kappa shape index (κ3) is 4.40. The van der Waals surface area contributed by atoms with E-state index in [0.29, 0.717) is 41.1 Å². The Kier molecular flexibility index (Phi) is 6.00. The molecule has 150 valence electrons. The van der Waals surface area contributed by atoms with Gasteiger partial charge in [-0.1, -0.05) is 23.5 Å². The fraction of sp³-hybridized carbons (Fsp3) is 0.500. The van der Waals surface area contributed by atoms with Crippen LogP contribution in [-0.2, 0) is 16.2 Å². The zero-order chi connectivity index (χ0) is 19.5. The molecule has 28 heavy (non-hydrogen) atoms. The van der Waals surface area contributed by atoms with Crippen molar-refractivity contribution in [3.63, 3.8) is 0 Å². The van der Waals surface area contributed by atoms with Crippen molar-refractivity contribution in [2.45, 2.75) is 25.6 Å². The molecule has 3 heterocycles. The van der Waals surface area contributed by atoms with Crippen molar-refractivity contribution >= 4 is 40.3 Å². The lowest BCUT2D eigenvalue weighted by Gasteiger charge is -2.33. The third-order valence-electron chi connectivity index (χ3n) is 5.08. The minimum Gasteiger partial charge on any atom is -0.368 e. The molecule has 0 radical (unpaired) electrons. The van der Waals surface area contributed by atoms with Crippen molar-refractivity contribution in [2.24, 2.45) is 0 Å². The number of anilines is 2. The number of nitrogens with zero attached hydrogens (tertiary/aromatic N) is 3. The summed E-state index contributed by atoms with van der Waals surface area (Å²) in [6.07, 6.45) is 1.55. The molecule has 4 rings (SSSR count). The number of ether oxygens (including phenoxy) is 1. The van der Waals surface area contributed by atoms with Crippen LogP contribution in [0.4, 0.5) is 15.2 Å². The number of halogens is 1. The lowest BCUT2D eigenvalue weighted by Crippen LogP contribution is -3.14. The number of amides is 1. The molecule has 1 aromatic heterocycles. The molecule has 2 aliphatic heterocycles. The number of para-hydroxylation sites is 1. The minimum absolute atomic E-state index is 0.123. The predicted octanol–water partition coefficient (Wildman–Crippen LogP) is 1.42. The van der Waals surface area contributed by atoms with Gasteiger partial charge in [0.1, 0.15) is 11.9 Å². The number of aromatic nitrogens is 2. The van der Waals surface area contributed by atoms with Gasteiger partial charge in [0.2, 0.25) is 5.13 Å². The van der Waals surface area contributed by atoms with E-state index in [1.165, 1.54) is 22.3 Å². The Morgan fingerprint density at radius 3 is 2.89 bits per heavy atom. The van der Waals surface area contributed by atoms with Gasteiger partial charge in [0.05, 0.1) is 31.9 Å². The van der Waals surface area contributed by atoms with Crippen LogP contribution < -0.4 is 10.2 Å². The molecule has 0 bridgehead atoms. The Bertz CT molecular complexity index is 888. The zero-order valence-corrected chi connectivity index (χ0v) is 17.0. The molecule has 1 aromatic carbocycles. The number of hydrogen-bond acceptors (Lipinski definition) is 6. The summed E-state index contributed by atoms with van der Waals surface area (Å²) in [5, 5.41) is 8.05. The molecule has 2 aromatic rings. The Morgan fingerprint density at radius 1 is 1.39 bits per heavy atom. The first-order chi connectivity index (χ1) is 13.6. The topological polar surface area (TPSA) is 63.8 Å². The fourth-order valence-electron chi connectivity index (χ4n) is 3.52. The number of quaternary nitrogens is 1. The SMILES string of the molecule is O=C([C@H]1CCCO1)N1CC[NH+](Cn2nc(Nc3ccccc3F)sc2=S)CC1. The van der Waals surface area contributed by atoms with E-state index in [2.05, 4.69) is 10.4 Å². The summed E-state index contributed by atoms with van der Waals surface area (Å²) in [6.45, 7) is 4.43. The average Bonchev–Trinajstić information content (AvgIpc) is 3.34. The summed E-state index contributed by atoms with van der Waals surface area (Å²) in [5.74, 6) is -0.203. The van der Waals surface area contributed by atoms with Crippen molar-refractivity contribution in [1.82, 2.24) is 14.7 Å². The van der Waals surface area contributed by atoms with Gasteiger partial charge in [-0.3, -0.25) is 4.79 Å². The van der Waals surface area contributed by atoms with Gasteiger partial charge in [0.25, 0.3) is 5.91 Å². The maximum absolute atomic E-state index is 13.8. The van der Waals surface area contributed by atoms with E-state index in [1.807, 2.05) is 4.90 Å². The highest BCUT2D eigenvalue weighted by atomic mass is 32.1. The van der Waals surface area contributed by atoms with Crippen molar-refractivity contribution in [3.05, 3.63) is 34.0 Å². The molecule has 10 heteroatoms. The highest BCUT2D eigenvalue weighted by molar-refractivity contribution is 7.73. The first-order valence-corrected chi connectivity index (χ1v) is 10.7. The van der Waals surface area contributed by atoms with Crippen LogP contribution in [-0.4, -0.2) is 59.5 Å².